The zero-order chi connectivity index (χ0) is 18.1. The summed E-state index contributed by atoms with van der Waals surface area (Å²) < 4.78 is 38.4. The molecule has 0 aromatic heterocycles. The SMILES string of the molecule is COc1ccc(F)c(F)c1C(=O)N1CC(Oc2c(C)cccc2C)C1. The molecule has 132 valence electrons. The maximum atomic E-state index is 14.0. The van der Waals surface area contributed by atoms with Gasteiger partial charge in [-0.2, -0.15) is 0 Å². The van der Waals surface area contributed by atoms with Crippen molar-refractivity contribution in [3.63, 3.8) is 0 Å². The van der Waals surface area contributed by atoms with Gasteiger partial charge in [-0.1, -0.05) is 18.2 Å². The number of carbonyl (C=O) groups is 1. The molecule has 0 radical (unpaired) electrons. The first-order valence-electron chi connectivity index (χ1n) is 7.96. The molecular weight excluding hydrogens is 328 g/mol. The molecule has 0 atom stereocenters. The van der Waals surface area contributed by atoms with Crippen LogP contribution in [0.1, 0.15) is 21.5 Å². The van der Waals surface area contributed by atoms with E-state index in [0.29, 0.717) is 13.1 Å². The molecule has 1 aliphatic heterocycles. The summed E-state index contributed by atoms with van der Waals surface area (Å²) in [5.74, 6) is -2.05. The highest BCUT2D eigenvalue weighted by Crippen LogP contribution is 2.29. The van der Waals surface area contributed by atoms with Crippen molar-refractivity contribution in [2.75, 3.05) is 20.2 Å². The van der Waals surface area contributed by atoms with E-state index < -0.39 is 17.5 Å². The van der Waals surface area contributed by atoms with Crippen molar-refractivity contribution >= 4 is 5.91 Å². The van der Waals surface area contributed by atoms with Crippen LogP contribution in [-0.2, 0) is 0 Å². The molecule has 1 heterocycles. The van der Waals surface area contributed by atoms with Gasteiger partial charge in [-0.05, 0) is 37.1 Å². The minimum Gasteiger partial charge on any atom is -0.496 e. The van der Waals surface area contributed by atoms with E-state index in [1.165, 1.54) is 18.1 Å². The summed E-state index contributed by atoms with van der Waals surface area (Å²) in [7, 11) is 1.31. The first kappa shape index (κ1) is 17.2. The summed E-state index contributed by atoms with van der Waals surface area (Å²) in [5, 5.41) is 0. The lowest BCUT2D eigenvalue weighted by Gasteiger charge is -2.39. The van der Waals surface area contributed by atoms with Gasteiger partial charge in [0.25, 0.3) is 5.91 Å². The number of methoxy groups -OCH3 is 1. The number of likely N-dealkylation sites (tertiary alicyclic amines) is 1. The number of halogens is 2. The Bertz CT molecular complexity index is 796. The van der Waals surface area contributed by atoms with Gasteiger partial charge in [0.1, 0.15) is 23.2 Å². The third-order valence-electron chi connectivity index (χ3n) is 4.32. The van der Waals surface area contributed by atoms with Gasteiger partial charge in [0, 0.05) is 0 Å². The summed E-state index contributed by atoms with van der Waals surface area (Å²) in [6.45, 7) is 4.53. The molecule has 0 bridgehead atoms. The Morgan fingerprint density at radius 2 is 1.76 bits per heavy atom. The molecule has 1 saturated heterocycles. The number of nitrogens with zero attached hydrogens (tertiary/aromatic N) is 1. The molecule has 25 heavy (non-hydrogen) atoms. The molecule has 0 N–H and O–H groups in total. The maximum absolute atomic E-state index is 14.0. The van der Waals surface area contributed by atoms with Gasteiger partial charge in [0.15, 0.2) is 11.6 Å². The fraction of sp³-hybridized carbons (Fsp3) is 0.316. The molecule has 0 saturated carbocycles. The second-order valence-corrected chi connectivity index (χ2v) is 6.11. The largest absolute Gasteiger partial charge is 0.496 e. The average Bonchev–Trinajstić information content (AvgIpc) is 2.54. The number of amides is 1. The van der Waals surface area contributed by atoms with Crippen LogP contribution in [0.4, 0.5) is 8.78 Å². The Morgan fingerprint density at radius 3 is 2.36 bits per heavy atom. The number of ether oxygens (including phenoxy) is 2. The molecule has 1 amide bonds. The zero-order valence-electron chi connectivity index (χ0n) is 14.3. The minimum absolute atomic E-state index is 0.0167. The van der Waals surface area contributed by atoms with Crippen molar-refractivity contribution in [3.8, 4) is 11.5 Å². The number of hydrogen-bond acceptors (Lipinski definition) is 3. The molecule has 0 spiro atoms. The zero-order valence-corrected chi connectivity index (χ0v) is 14.3. The van der Waals surface area contributed by atoms with Crippen LogP contribution in [0, 0.1) is 25.5 Å². The van der Waals surface area contributed by atoms with Gasteiger partial charge in [0.05, 0.1) is 20.2 Å². The predicted molar refractivity (Wildman–Crippen MR) is 89.1 cm³/mol. The van der Waals surface area contributed by atoms with Gasteiger partial charge < -0.3 is 14.4 Å². The van der Waals surface area contributed by atoms with Crippen LogP contribution in [0.15, 0.2) is 30.3 Å². The highest BCUT2D eigenvalue weighted by atomic mass is 19.2. The monoisotopic (exact) mass is 347 g/mol. The molecule has 2 aromatic rings. The second kappa shape index (κ2) is 6.70. The van der Waals surface area contributed by atoms with Gasteiger partial charge in [-0.3, -0.25) is 4.79 Å². The third-order valence-corrected chi connectivity index (χ3v) is 4.32. The standard InChI is InChI=1S/C19H19F2NO3/c1-11-5-4-6-12(2)18(11)25-13-9-22(10-13)19(23)16-15(24-3)8-7-14(20)17(16)21/h4-8,13H,9-10H2,1-3H3. The van der Waals surface area contributed by atoms with Crippen LogP contribution in [0.5, 0.6) is 11.5 Å². The normalized spacial score (nSPS) is 14.2. The molecule has 3 rings (SSSR count). The molecule has 1 fully saturated rings. The van der Waals surface area contributed by atoms with Crippen LogP contribution in [0.3, 0.4) is 0 Å². The maximum Gasteiger partial charge on any atom is 0.260 e. The van der Waals surface area contributed by atoms with E-state index in [1.54, 1.807) is 0 Å². The Morgan fingerprint density at radius 1 is 1.12 bits per heavy atom. The predicted octanol–water partition coefficient (Wildman–Crippen LogP) is 3.49. The lowest BCUT2D eigenvalue weighted by Crippen LogP contribution is -2.56. The van der Waals surface area contributed by atoms with E-state index in [2.05, 4.69) is 0 Å². The molecule has 1 aliphatic rings. The Hall–Kier alpha value is -2.63. The van der Waals surface area contributed by atoms with E-state index in [0.717, 1.165) is 22.9 Å². The van der Waals surface area contributed by atoms with Gasteiger partial charge in [-0.25, -0.2) is 8.78 Å². The minimum atomic E-state index is -1.19. The van der Waals surface area contributed by atoms with Crippen molar-refractivity contribution in [2.24, 2.45) is 0 Å². The number of rotatable bonds is 4. The van der Waals surface area contributed by atoms with E-state index >= 15 is 0 Å². The number of aryl methyl sites for hydroxylation is 2. The summed E-state index contributed by atoms with van der Waals surface area (Å²) in [6, 6.07) is 8.05. The topological polar surface area (TPSA) is 38.8 Å². The van der Waals surface area contributed by atoms with E-state index in [9.17, 15) is 13.6 Å². The molecule has 6 heteroatoms. The van der Waals surface area contributed by atoms with Crippen LogP contribution < -0.4 is 9.47 Å². The van der Waals surface area contributed by atoms with Crippen LogP contribution >= 0.6 is 0 Å². The van der Waals surface area contributed by atoms with Gasteiger partial charge in [-0.15, -0.1) is 0 Å². The van der Waals surface area contributed by atoms with Crippen LogP contribution in [0.2, 0.25) is 0 Å². The average molecular weight is 347 g/mol. The summed E-state index contributed by atoms with van der Waals surface area (Å²) in [6.07, 6.45) is -0.175. The molecule has 2 aromatic carbocycles. The van der Waals surface area contributed by atoms with Crippen molar-refractivity contribution in [1.29, 1.82) is 0 Å². The fourth-order valence-electron chi connectivity index (χ4n) is 2.89. The smallest absolute Gasteiger partial charge is 0.260 e. The first-order chi connectivity index (χ1) is 11.9. The van der Waals surface area contributed by atoms with Gasteiger partial charge >= 0.3 is 0 Å². The second-order valence-electron chi connectivity index (χ2n) is 6.11. The molecule has 0 unspecified atom stereocenters. The number of para-hydroxylation sites is 1. The van der Waals surface area contributed by atoms with Crippen molar-refractivity contribution < 1.29 is 23.0 Å². The molecule has 0 aliphatic carbocycles. The highest BCUT2D eigenvalue weighted by molar-refractivity contribution is 5.97. The van der Waals surface area contributed by atoms with Crippen LogP contribution in [-0.4, -0.2) is 37.1 Å². The van der Waals surface area contributed by atoms with E-state index in [4.69, 9.17) is 9.47 Å². The number of carbonyl (C=O) groups excluding carboxylic acids is 1. The van der Waals surface area contributed by atoms with Crippen LogP contribution in [0.25, 0.3) is 0 Å². The summed E-state index contributed by atoms with van der Waals surface area (Å²) >= 11 is 0. The number of hydrogen-bond donors (Lipinski definition) is 0. The Labute approximate surface area is 145 Å². The lowest BCUT2D eigenvalue weighted by atomic mass is 10.1. The van der Waals surface area contributed by atoms with E-state index in [1.807, 2.05) is 32.0 Å². The molecular formula is C19H19F2NO3. The van der Waals surface area contributed by atoms with Crippen molar-refractivity contribution in [1.82, 2.24) is 4.90 Å². The Balaban J connectivity index is 1.71. The quantitative estimate of drug-likeness (QED) is 0.850. The summed E-state index contributed by atoms with van der Waals surface area (Å²) in [4.78, 5) is 13.9. The number of benzene rings is 2. The third kappa shape index (κ3) is 3.16. The van der Waals surface area contributed by atoms with Gasteiger partial charge in [0.2, 0.25) is 0 Å². The van der Waals surface area contributed by atoms with Crippen molar-refractivity contribution in [3.05, 3.63) is 58.7 Å². The van der Waals surface area contributed by atoms with Crippen molar-refractivity contribution in [2.45, 2.75) is 20.0 Å². The first-order valence-corrected chi connectivity index (χ1v) is 7.96. The van der Waals surface area contributed by atoms with E-state index in [-0.39, 0.29) is 17.4 Å². The fourth-order valence-corrected chi connectivity index (χ4v) is 2.89. The lowest BCUT2D eigenvalue weighted by molar-refractivity contribution is 0.0166. The Kier molecular flexibility index (Phi) is 4.61. The molecule has 4 nitrogen and oxygen atoms in total. The highest BCUT2D eigenvalue weighted by Gasteiger charge is 2.36. The summed E-state index contributed by atoms with van der Waals surface area (Å²) in [5.41, 5.74) is 1.65.